The number of esters is 1. The van der Waals surface area contributed by atoms with Crippen LogP contribution in [0, 0.1) is 5.92 Å². The van der Waals surface area contributed by atoms with E-state index in [1.807, 2.05) is 0 Å². The Labute approximate surface area is 173 Å². The minimum Gasteiger partial charge on any atom is -0.465 e. The molecule has 1 atom stereocenters. The van der Waals surface area contributed by atoms with Crippen molar-refractivity contribution in [3.05, 3.63) is 0 Å². The minimum absolute atomic E-state index is 0.139. The van der Waals surface area contributed by atoms with Gasteiger partial charge >= 0.3 is 5.97 Å². The van der Waals surface area contributed by atoms with Gasteiger partial charge in [-0.25, -0.2) is 0 Å². The number of hydrogen-bond acceptors (Lipinski definition) is 4. The standard InChI is InChI=1S/C23H46N2O3/c1-4-5-6-7-8-9-10-11-12-16-22(26)25-18-14-13-15-21(24)23(27)28-19-17-20(2)3/h20-21H,4-19,24H2,1-3H3,(H,25,26). The summed E-state index contributed by atoms with van der Waals surface area (Å²) in [5.41, 5.74) is 5.85. The van der Waals surface area contributed by atoms with Crippen LogP contribution in [-0.2, 0) is 14.3 Å². The molecule has 1 amide bonds. The highest BCUT2D eigenvalue weighted by Crippen LogP contribution is 2.10. The smallest absolute Gasteiger partial charge is 0.322 e. The number of hydrogen-bond donors (Lipinski definition) is 2. The zero-order valence-corrected chi connectivity index (χ0v) is 18.8. The minimum atomic E-state index is -0.551. The Hall–Kier alpha value is -1.10. The van der Waals surface area contributed by atoms with E-state index >= 15 is 0 Å². The van der Waals surface area contributed by atoms with Crippen LogP contribution in [0.4, 0.5) is 0 Å². The van der Waals surface area contributed by atoms with Crippen LogP contribution >= 0.6 is 0 Å². The van der Waals surface area contributed by atoms with Gasteiger partial charge < -0.3 is 15.8 Å². The van der Waals surface area contributed by atoms with Crippen molar-refractivity contribution in [2.75, 3.05) is 13.2 Å². The van der Waals surface area contributed by atoms with Crippen molar-refractivity contribution in [1.29, 1.82) is 0 Å². The summed E-state index contributed by atoms with van der Waals surface area (Å²) in [4.78, 5) is 23.6. The molecule has 0 rings (SSSR count). The molecule has 0 aromatic rings. The van der Waals surface area contributed by atoms with Crippen LogP contribution in [0.15, 0.2) is 0 Å². The van der Waals surface area contributed by atoms with Gasteiger partial charge in [0.15, 0.2) is 0 Å². The van der Waals surface area contributed by atoms with E-state index < -0.39 is 6.04 Å². The lowest BCUT2D eigenvalue weighted by atomic mass is 10.1. The number of nitrogens with two attached hydrogens (primary N) is 1. The van der Waals surface area contributed by atoms with Gasteiger partial charge in [-0.1, -0.05) is 72.1 Å². The molecule has 0 fully saturated rings. The number of amides is 1. The van der Waals surface area contributed by atoms with Gasteiger partial charge in [0.2, 0.25) is 5.91 Å². The van der Waals surface area contributed by atoms with Crippen molar-refractivity contribution in [2.45, 2.75) is 117 Å². The second-order valence-electron chi connectivity index (χ2n) is 8.38. The van der Waals surface area contributed by atoms with Crippen LogP contribution in [0.25, 0.3) is 0 Å². The average molecular weight is 399 g/mol. The lowest BCUT2D eigenvalue weighted by molar-refractivity contribution is -0.145. The Balaban J connectivity index is 3.43. The molecule has 0 aliphatic heterocycles. The van der Waals surface area contributed by atoms with E-state index in [4.69, 9.17) is 10.5 Å². The van der Waals surface area contributed by atoms with Gasteiger partial charge in [-0.3, -0.25) is 9.59 Å². The fourth-order valence-electron chi connectivity index (χ4n) is 3.02. The molecule has 0 aromatic carbocycles. The van der Waals surface area contributed by atoms with Crippen LogP contribution in [0.1, 0.15) is 111 Å². The molecule has 0 saturated heterocycles. The van der Waals surface area contributed by atoms with Gasteiger partial charge in [0.05, 0.1) is 6.61 Å². The molecule has 0 aliphatic rings. The summed E-state index contributed by atoms with van der Waals surface area (Å²) >= 11 is 0. The van der Waals surface area contributed by atoms with E-state index in [1.54, 1.807) is 0 Å². The molecule has 5 nitrogen and oxygen atoms in total. The van der Waals surface area contributed by atoms with E-state index in [1.165, 1.54) is 44.9 Å². The Morgan fingerprint density at radius 1 is 0.857 bits per heavy atom. The Morgan fingerprint density at radius 3 is 2.07 bits per heavy atom. The quantitative estimate of drug-likeness (QED) is 0.234. The Kier molecular flexibility index (Phi) is 18.5. The summed E-state index contributed by atoms with van der Waals surface area (Å²) in [7, 11) is 0. The maximum atomic E-state index is 11.8. The molecule has 0 radical (unpaired) electrons. The summed E-state index contributed by atoms with van der Waals surface area (Å²) in [6.45, 7) is 7.53. The van der Waals surface area contributed by atoms with Gasteiger partial charge in [-0.05, 0) is 38.0 Å². The van der Waals surface area contributed by atoms with Crippen molar-refractivity contribution in [1.82, 2.24) is 5.32 Å². The fraction of sp³-hybridized carbons (Fsp3) is 0.913. The molecule has 3 N–H and O–H groups in total. The lowest BCUT2D eigenvalue weighted by Crippen LogP contribution is -2.33. The first kappa shape index (κ1) is 26.9. The first-order chi connectivity index (χ1) is 13.5. The summed E-state index contributed by atoms with van der Waals surface area (Å²) in [6.07, 6.45) is 15.1. The van der Waals surface area contributed by atoms with Crippen LogP contribution < -0.4 is 11.1 Å². The van der Waals surface area contributed by atoms with Gasteiger partial charge in [-0.15, -0.1) is 0 Å². The summed E-state index contributed by atoms with van der Waals surface area (Å²) in [5.74, 6) is 0.346. The number of carbonyl (C=O) groups excluding carboxylic acids is 2. The normalized spacial score (nSPS) is 12.2. The average Bonchev–Trinajstić information content (AvgIpc) is 2.65. The van der Waals surface area contributed by atoms with E-state index in [9.17, 15) is 9.59 Å². The molecular weight excluding hydrogens is 352 g/mol. The van der Waals surface area contributed by atoms with E-state index in [-0.39, 0.29) is 11.9 Å². The number of ether oxygens (including phenoxy) is 1. The third-order valence-electron chi connectivity index (χ3n) is 5.01. The van der Waals surface area contributed by atoms with Crippen LogP contribution in [0.2, 0.25) is 0 Å². The first-order valence-corrected chi connectivity index (χ1v) is 11.7. The third-order valence-corrected chi connectivity index (χ3v) is 5.01. The monoisotopic (exact) mass is 398 g/mol. The predicted molar refractivity (Wildman–Crippen MR) is 117 cm³/mol. The molecule has 0 bridgehead atoms. The molecule has 5 heteroatoms. The summed E-state index contributed by atoms with van der Waals surface area (Å²) in [5, 5.41) is 2.96. The maximum absolute atomic E-state index is 11.8. The Bertz CT molecular complexity index is 386. The Morgan fingerprint density at radius 2 is 1.46 bits per heavy atom. The summed E-state index contributed by atoms with van der Waals surface area (Å²) < 4.78 is 5.17. The SMILES string of the molecule is CCCCCCCCCCCC(=O)NCCCCC(N)C(=O)OCCC(C)C. The van der Waals surface area contributed by atoms with E-state index in [0.29, 0.717) is 31.9 Å². The van der Waals surface area contributed by atoms with Crippen LogP contribution in [-0.4, -0.2) is 31.1 Å². The van der Waals surface area contributed by atoms with Gasteiger partial charge in [0, 0.05) is 13.0 Å². The zero-order valence-electron chi connectivity index (χ0n) is 18.8. The number of nitrogens with one attached hydrogen (secondary N) is 1. The third kappa shape index (κ3) is 18.3. The van der Waals surface area contributed by atoms with E-state index in [0.717, 1.165) is 32.1 Å². The molecule has 0 heterocycles. The molecule has 0 saturated carbocycles. The lowest BCUT2D eigenvalue weighted by Gasteiger charge is -2.12. The molecule has 0 aliphatic carbocycles. The van der Waals surface area contributed by atoms with Crippen molar-refractivity contribution in [3.63, 3.8) is 0 Å². The fourth-order valence-corrected chi connectivity index (χ4v) is 3.02. The molecule has 0 aromatic heterocycles. The maximum Gasteiger partial charge on any atom is 0.322 e. The first-order valence-electron chi connectivity index (χ1n) is 11.7. The van der Waals surface area contributed by atoms with Gasteiger partial charge in [0.1, 0.15) is 6.04 Å². The summed E-state index contributed by atoms with van der Waals surface area (Å²) in [6, 6.07) is -0.551. The topological polar surface area (TPSA) is 81.4 Å². The van der Waals surface area contributed by atoms with Crippen LogP contribution in [0.3, 0.4) is 0 Å². The van der Waals surface area contributed by atoms with Gasteiger partial charge in [-0.2, -0.15) is 0 Å². The molecular formula is C23H46N2O3. The molecule has 28 heavy (non-hydrogen) atoms. The highest BCUT2D eigenvalue weighted by atomic mass is 16.5. The number of unbranched alkanes of at least 4 members (excludes halogenated alkanes) is 9. The van der Waals surface area contributed by atoms with Crippen molar-refractivity contribution in [2.24, 2.45) is 11.7 Å². The van der Waals surface area contributed by atoms with Crippen molar-refractivity contribution >= 4 is 11.9 Å². The van der Waals surface area contributed by atoms with Crippen molar-refractivity contribution in [3.8, 4) is 0 Å². The number of carbonyl (C=O) groups is 2. The zero-order chi connectivity index (χ0) is 21.0. The highest BCUT2D eigenvalue weighted by molar-refractivity contribution is 5.76. The van der Waals surface area contributed by atoms with E-state index in [2.05, 4.69) is 26.1 Å². The molecule has 0 spiro atoms. The highest BCUT2D eigenvalue weighted by Gasteiger charge is 2.14. The van der Waals surface area contributed by atoms with Crippen molar-refractivity contribution < 1.29 is 14.3 Å². The van der Waals surface area contributed by atoms with Gasteiger partial charge in [0.25, 0.3) is 0 Å². The van der Waals surface area contributed by atoms with Crippen LogP contribution in [0.5, 0.6) is 0 Å². The largest absolute Gasteiger partial charge is 0.465 e. The second kappa shape index (κ2) is 19.2. The molecule has 1 unspecified atom stereocenters. The number of rotatable bonds is 19. The molecule has 166 valence electrons. The second-order valence-corrected chi connectivity index (χ2v) is 8.38. The predicted octanol–water partition coefficient (Wildman–Crippen LogP) is 5.11.